The smallest absolute Gasteiger partial charge is 0.173 e. The van der Waals surface area contributed by atoms with Gasteiger partial charge in [0.25, 0.3) is 0 Å². The highest BCUT2D eigenvalue weighted by molar-refractivity contribution is 7.15. The summed E-state index contributed by atoms with van der Waals surface area (Å²) in [5, 5.41) is 6.86. The van der Waals surface area contributed by atoms with Crippen LogP contribution in [0, 0.1) is 7.05 Å². The SMILES string of the molecule is [CH2-][NH+]1c2sccc2C=Cc2ccsc21. The Morgan fingerprint density at radius 3 is 1.93 bits per heavy atom. The van der Waals surface area contributed by atoms with Crippen LogP contribution in [0.5, 0.6) is 0 Å². The van der Waals surface area contributed by atoms with Gasteiger partial charge in [-0.15, -0.1) is 7.05 Å². The van der Waals surface area contributed by atoms with Crippen molar-refractivity contribution in [3.05, 3.63) is 41.1 Å². The summed E-state index contributed by atoms with van der Waals surface area (Å²) in [6, 6.07) is 4.30. The molecule has 0 saturated heterocycles. The molecule has 0 saturated carbocycles. The number of rotatable bonds is 0. The Labute approximate surface area is 90.9 Å². The number of fused-ring (bicyclic) bond motifs is 2. The molecule has 0 spiro atoms. The molecular weight excluding hydrogens is 210 g/mol. The van der Waals surface area contributed by atoms with Crippen LogP contribution in [0.15, 0.2) is 22.9 Å². The predicted molar refractivity (Wildman–Crippen MR) is 63.2 cm³/mol. The molecule has 0 bridgehead atoms. The van der Waals surface area contributed by atoms with Gasteiger partial charge in [0.05, 0.1) is 0 Å². The minimum Gasteiger partial charge on any atom is -0.383 e. The van der Waals surface area contributed by atoms with Crippen molar-refractivity contribution in [1.82, 2.24) is 0 Å². The van der Waals surface area contributed by atoms with E-state index in [-0.39, 0.29) is 0 Å². The third kappa shape index (κ3) is 1.10. The van der Waals surface area contributed by atoms with Crippen molar-refractivity contribution in [1.29, 1.82) is 0 Å². The molecule has 0 aliphatic carbocycles. The van der Waals surface area contributed by atoms with Gasteiger partial charge >= 0.3 is 0 Å². The third-order valence-electron chi connectivity index (χ3n) is 2.38. The maximum absolute atomic E-state index is 4.18. The number of hydrogen-bond donors (Lipinski definition) is 1. The van der Waals surface area contributed by atoms with Gasteiger partial charge in [-0.05, 0) is 35.0 Å². The fraction of sp³-hybridized carbons (Fsp3) is 0. The van der Waals surface area contributed by atoms with Gasteiger partial charge in [-0.2, -0.15) is 0 Å². The summed E-state index contributed by atoms with van der Waals surface area (Å²) in [6.45, 7) is 0. The van der Waals surface area contributed by atoms with E-state index in [1.807, 2.05) is 0 Å². The number of quaternary nitrogens is 1. The van der Waals surface area contributed by atoms with E-state index < -0.39 is 0 Å². The number of hydrogen-bond acceptors (Lipinski definition) is 2. The first-order valence-corrected chi connectivity index (χ1v) is 6.15. The molecule has 1 aliphatic rings. The number of nitrogens with one attached hydrogen (secondary N) is 1. The van der Waals surface area contributed by atoms with Crippen LogP contribution < -0.4 is 4.90 Å². The van der Waals surface area contributed by atoms with Crippen LogP contribution in [-0.4, -0.2) is 0 Å². The van der Waals surface area contributed by atoms with E-state index in [0.717, 1.165) is 0 Å². The lowest BCUT2D eigenvalue weighted by atomic mass is 10.2. The van der Waals surface area contributed by atoms with E-state index in [9.17, 15) is 0 Å². The zero-order valence-electron chi connectivity index (χ0n) is 7.49. The van der Waals surface area contributed by atoms with Crippen molar-refractivity contribution in [2.45, 2.75) is 0 Å². The van der Waals surface area contributed by atoms with Crippen molar-refractivity contribution >= 4 is 44.8 Å². The predicted octanol–water partition coefficient (Wildman–Crippen LogP) is 2.93. The van der Waals surface area contributed by atoms with Crippen LogP contribution in [0.1, 0.15) is 11.1 Å². The average Bonchev–Trinajstić information content (AvgIpc) is 2.81. The summed E-state index contributed by atoms with van der Waals surface area (Å²) in [5.74, 6) is 0. The molecule has 70 valence electrons. The maximum Gasteiger partial charge on any atom is 0.173 e. The van der Waals surface area contributed by atoms with Crippen molar-refractivity contribution in [3.63, 3.8) is 0 Å². The minimum atomic E-state index is 1.17. The van der Waals surface area contributed by atoms with Gasteiger partial charge in [-0.25, -0.2) is 0 Å². The molecule has 3 heteroatoms. The summed E-state index contributed by atoms with van der Waals surface area (Å²) in [6.07, 6.45) is 4.35. The van der Waals surface area contributed by atoms with Crippen LogP contribution in [0.3, 0.4) is 0 Å². The lowest BCUT2D eigenvalue weighted by Crippen LogP contribution is -2.95. The fourth-order valence-corrected chi connectivity index (χ4v) is 3.47. The summed E-state index contributed by atoms with van der Waals surface area (Å²) in [5.41, 5.74) is 2.59. The summed E-state index contributed by atoms with van der Waals surface area (Å²) in [7, 11) is 4.18. The molecule has 0 aromatic carbocycles. The molecule has 0 unspecified atom stereocenters. The van der Waals surface area contributed by atoms with Gasteiger partial charge in [0, 0.05) is 11.1 Å². The van der Waals surface area contributed by atoms with E-state index in [0.29, 0.717) is 0 Å². The van der Waals surface area contributed by atoms with Crippen molar-refractivity contribution in [2.24, 2.45) is 0 Å². The van der Waals surface area contributed by atoms with Crippen molar-refractivity contribution in [2.75, 3.05) is 0 Å². The molecule has 0 amide bonds. The van der Waals surface area contributed by atoms with E-state index in [1.54, 1.807) is 22.7 Å². The minimum absolute atomic E-state index is 1.17. The molecular formula is C11H9NS2. The second-order valence-electron chi connectivity index (χ2n) is 3.22. The van der Waals surface area contributed by atoms with E-state index in [2.05, 4.69) is 42.1 Å². The van der Waals surface area contributed by atoms with Crippen LogP contribution in [0.4, 0.5) is 10.0 Å². The zero-order chi connectivity index (χ0) is 9.54. The van der Waals surface area contributed by atoms with Crippen LogP contribution >= 0.6 is 22.7 Å². The molecule has 3 heterocycles. The van der Waals surface area contributed by atoms with Gasteiger partial charge < -0.3 is 4.90 Å². The molecule has 1 N–H and O–H groups in total. The lowest BCUT2D eigenvalue weighted by Gasteiger charge is -2.16. The van der Waals surface area contributed by atoms with Crippen LogP contribution in [0.2, 0.25) is 0 Å². The summed E-state index contributed by atoms with van der Waals surface area (Å²) in [4.78, 5) is 1.17. The quantitative estimate of drug-likeness (QED) is 0.650. The van der Waals surface area contributed by atoms with Gasteiger partial charge in [-0.3, -0.25) is 0 Å². The first-order chi connectivity index (χ1) is 6.86. The van der Waals surface area contributed by atoms with Crippen LogP contribution in [-0.2, 0) is 0 Å². The molecule has 0 radical (unpaired) electrons. The monoisotopic (exact) mass is 219 g/mol. The van der Waals surface area contributed by atoms with Crippen LogP contribution in [0.25, 0.3) is 12.2 Å². The molecule has 3 rings (SSSR count). The molecule has 1 aliphatic heterocycles. The normalized spacial score (nSPS) is 14.9. The summed E-state index contributed by atoms with van der Waals surface area (Å²) >= 11 is 3.54. The maximum atomic E-state index is 4.18. The van der Waals surface area contributed by atoms with E-state index >= 15 is 0 Å². The lowest BCUT2D eigenvalue weighted by molar-refractivity contribution is -0.698. The number of thiophene rings is 2. The largest absolute Gasteiger partial charge is 0.383 e. The molecule has 14 heavy (non-hydrogen) atoms. The topological polar surface area (TPSA) is 4.44 Å². The van der Waals surface area contributed by atoms with E-state index in [1.165, 1.54) is 26.0 Å². The Morgan fingerprint density at radius 1 is 0.929 bits per heavy atom. The first kappa shape index (κ1) is 8.41. The summed E-state index contributed by atoms with van der Waals surface area (Å²) < 4.78 is 0. The Morgan fingerprint density at radius 2 is 1.43 bits per heavy atom. The highest BCUT2D eigenvalue weighted by Crippen LogP contribution is 2.31. The second kappa shape index (κ2) is 3.05. The van der Waals surface area contributed by atoms with E-state index in [4.69, 9.17) is 0 Å². The van der Waals surface area contributed by atoms with Gasteiger partial charge in [0.2, 0.25) is 0 Å². The van der Waals surface area contributed by atoms with Gasteiger partial charge in [0.15, 0.2) is 10.0 Å². The molecule has 0 fully saturated rings. The van der Waals surface area contributed by atoms with Crippen molar-refractivity contribution < 1.29 is 4.90 Å². The standard InChI is InChI=1S/C11H9NS2/c1-12-10-8(4-6-13-10)2-3-9-5-7-14-11(9)12/h2-7,12H,1H2. The fourth-order valence-electron chi connectivity index (χ4n) is 1.67. The average molecular weight is 219 g/mol. The highest BCUT2D eigenvalue weighted by Gasteiger charge is 2.17. The Kier molecular flexibility index (Phi) is 1.83. The molecule has 0 atom stereocenters. The van der Waals surface area contributed by atoms with Gasteiger partial charge in [-0.1, -0.05) is 22.7 Å². The third-order valence-corrected chi connectivity index (χ3v) is 4.36. The molecule has 2 aromatic heterocycles. The zero-order valence-corrected chi connectivity index (χ0v) is 9.12. The second-order valence-corrected chi connectivity index (χ2v) is 5.05. The Bertz CT molecular complexity index is 449. The highest BCUT2D eigenvalue weighted by atomic mass is 32.1. The molecule has 2 aromatic rings. The molecule has 1 nitrogen and oxygen atoms in total. The Hall–Kier alpha value is -0.900. The Balaban J connectivity index is 2.26. The first-order valence-electron chi connectivity index (χ1n) is 4.39. The van der Waals surface area contributed by atoms with Crippen molar-refractivity contribution in [3.8, 4) is 0 Å². The van der Waals surface area contributed by atoms with Gasteiger partial charge in [0.1, 0.15) is 0 Å².